The van der Waals surface area contributed by atoms with Crippen LogP contribution in [0, 0.1) is 0 Å². The van der Waals surface area contributed by atoms with Crippen LogP contribution in [0.3, 0.4) is 0 Å². The smallest absolute Gasteiger partial charge is 0.0731 e. The Morgan fingerprint density at radius 2 is 0.860 bits per heavy atom. The number of hydrogen-bond donors (Lipinski definition) is 0. The van der Waals surface area contributed by atoms with Crippen LogP contribution in [0.4, 0.5) is 17.1 Å². The van der Waals surface area contributed by atoms with Gasteiger partial charge in [-0.1, -0.05) is 140 Å². The maximum absolute atomic E-state index is 2.49. The molecule has 1 spiro atoms. The van der Waals surface area contributed by atoms with Crippen molar-refractivity contribution in [3.63, 3.8) is 0 Å². The van der Waals surface area contributed by atoms with Gasteiger partial charge in [0.1, 0.15) is 0 Å². The van der Waals surface area contributed by atoms with Gasteiger partial charge in [-0.2, -0.15) is 0 Å². The van der Waals surface area contributed by atoms with Crippen molar-refractivity contribution in [1.82, 2.24) is 0 Å². The predicted molar refractivity (Wildman–Crippen MR) is 210 cm³/mol. The third-order valence-corrected chi connectivity index (χ3v) is 11.2. The second-order valence-electron chi connectivity index (χ2n) is 13.6. The Bertz CT molecular complexity index is 2730. The Labute approximate surface area is 291 Å². The number of benzene rings is 9. The van der Waals surface area contributed by atoms with Gasteiger partial charge in [0.15, 0.2) is 0 Å². The molecule has 232 valence electrons. The van der Waals surface area contributed by atoms with E-state index in [1.807, 2.05) is 0 Å². The van der Waals surface area contributed by atoms with Crippen molar-refractivity contribution in [3.05, 3.63) is 210 Å². The lowest BCUT2D eigenvalue weighted by molar-refractivity contribution is 0.803. The van der Waals surface area contributed by atoms with Crippen molar-refractivity contribution in [2.45, 2.75) is 5.41 Å². The summed E-state index contributed by atoms with van der Waals surface area (Å²) in [7, 11) is 0. The van der Waals surface area contributed by atoms with E-state index in [1.54, 1.807) is 0 Å². The highest BCUT2D eigenvalue weighted by molar-refractivity contribution is 6.21. The molecule has 0 N–H and O–H groups in total. The summed E-state index contributed by atoms with van der Waals surface area (Å²) in [4.78, 5) is 2.37. The maximum Gasteiger partial charge on any atom is 0.0731 e. The Balaban J connectivity index is 1.32. The summed E-state index contributed by atoms with van der Waals surface area (Å²) in [6.45, 7) is 0. The van der Waals surface area contributed by atoms with Gasteiger partial charge in [0.25, 0.3) is 0 Å². The molecule has 0 saturated carbocycles. The van der Waals surface area contributed by atoms with E-state index in [-0.39, 0.29) is 0 Å². The van der Waals surface area contributed by atoms with Crippen LogP contribution in [0.5, 0.6) is 0 Å². The van der Waals surface area contributed by atoms with E-state index in [9.17, 15) is 0 Å². The minimum atomic E-state index is -0.454. The molecule has 0 amide bonds. The highest BCUT2D eigenvalue weighted by Gasteiger charge is 2.53. The summed E-state index contributed by atoms with van der Waals surface area (Å²) in [5.41, 5.74) is 13.8. The molecule has 0 aromatic heterocycles. The zero-order chi connectivity index (χ0) is 32.8. The lowest BCUT2D eigenvalue weighted by atomic mass is 9.69. The molecule has 0 unspecified atom stereocenters. The first-order valence-corrected chi connectivity index (χ1v) is 17.4. The summed E-state index contributed by atoms with van der Waals surface area (Å²) in [5, 5.41) is 7.70. The van der Waals surface area contributed by atoms with E-state index >= 15 is 0 Å². The van der Waals surface area contributed by atoms with E-state index in [4.69, 9.17) is 0 Å². The SMILES string of the molecule is c1ccc(N(c2ccccc2)c2ccc3c4c(c5ccccc5c3c2)-c2cc3ccccc3cc2C42c3ccccc3-c3ccccc32)cc1. The molecule has 2 aliphatic carbocycles. The van der Waals surface area contributed by atoms with E-state index in [2.05, 4.69) is 193 Å². The van der Waals surface area contributed by atoms with Gasteiger partial charge < -0.3 is 4.90 Å². The molecule has 0 radical (unpaired) electrons. The molecule has 1 heteroatoms. The van der Waals surface area contributed by atoms with Crippen molar-refractivity contribution in [2.75, 3.05) is 4.90 Å². The standard InChI is InChI=1S/C49H31N/c1-3-17-34(18-4-1)50(35-19-5-2-6-20-35)36-27-28-41-42(31-36)37-21-9-10-24-40(37)47-43-29-32-15-7-8-16-33(32)30-46(43)49(48(41)47)44-25-13-11-22-38(44)39-23-12-14-26-45(39)49/h1-31H. The molecule has 0 heterocycles. The molecular weight excluding hydrogens is 603 g/mol. The molecule has 9 aromatic carbocycles. The van der Waals surface area contributed by atoms with Gasteiger partial charge >= 0.3 is 0 Å². The van der Waals surface area contributed by atoms with Crippen LogP contribution in [-0.4, -0.2) is 0 Å². The molecule has 0 saturated heterocycles. The van der Waals surface area contributed by atoms with Gasteiger partial charge in [-0.05, 0) is 125 Å². The first-order valence-electron chi connectivity index (χ1n) is 17.4. The molecular formula is C49H31N. The number of hydrogen-bond acceptors (Lipinski definition) is 1. The average molecular weight is 634 g/mol. The predicted octanol–water partition coefficient (Wildman–Crippen LogP) is 13.0. The molecule has 9 aromatic rings. The maximum atomic E-state index is 2.49. The summed E-state index contributed by atoms with van der Waals surface area (Å²) in [6, 6.07) is 69.7. The largest absolute Gasteiger partial charge is 0.310 e. The van der Waals surface area contributed by atoms with E-state index < -0.39 is 5.41 Å². The molecule has 0 bridgehead atoms. The summed E-state index contributed by atoms with van der Waals surface area (Å²) in [5.74, 6) is 0. The van der Waals surface area contributed by atoms with Gasteiger partial charge in [0, 0.05) is 17.1 Å². The Kier molecular flexibility index (Phi) is 5.66. The van der Waals surface area contributed by atoms with Gasteiger partial charge in [0.2, 0.25) is 0 Å². The van der Waals surface area contributed by atoms with Crippen molar-refractivity contribution < 1.29 is 0 Å². The third-order valence-electron chi connectivity index (χ3n) is 11.2. The summed E-state index contributed by atoms with van der Waals surface area (Å²) >= 11 is 0. The lowest BCUT2D eigenvalue weighted by Gasteiger charge is -2.32. The highest BCUT2D eigenvalue weighted by atomic mass is 15.1. The van der Waals surface area contributed by atoms with Crippen molar-refractivity contribution >= 4 is 49.4 Å². The van der Waals surface area contributed by atoms with Crippen LogP contribution in [0.25, 0.3) is 54.6 Å². The first-order chi connectivity index (χ1) is 24.8. The van der Waals surface area contributed by atoms with Crippen LogP contribution >= 0.6 is 0 Å². The van der Waals surface area contributed by atoms with Crippen LogP contribution in [0.1, 0.15) is 22.3 Å². The van der Waals surface area contributed by atoms with Gasteiger partial charge in [-0.25, -0.2) is 0 Å². The molecule has 2 aliphatic rings. The molecule has 0 atom stereocenters. The second-order valence-corrected chi connectivity index (χ2v) is 13.6. The number of fused-ring (bicyclic) bond motifs is 16. The first kappa shape index (κ1) is 27.5. The zero-order valence-corrected chi connectivity index (χ0v) is 27.3. The van der Waals surface area contributed by atoms with E-state index in [0.29, 0.717) is 0 Å². The quantitative estimate of drug-likeness (QED) is 0.175. The van der Waals surface area contributed by atoms with E-state index in [0.717, 1.165) is 17.1 Å². The van der Waals surface area contributed by atoms with Crippen LogP contribution in [-0.2, 0) is 5.41 Å². The Morgan fingerprint density at radius 1 is 0.320 bits per heavy atom. The number of para-hydroxylation sites is 2. The minimum absolute atomic E-state index is 0.454. The second kappa shape index (κ2) is 10.3. The highest BCUT2D eigenvalue weighted by Crippen LogP contribution is 2.66. The molecule has 50 heavy (non-hydrogen) atoms. The monoisotopic (exact) mass is 633 g/mol. The normalized spacial score (nSPS) is 13.4. The topological polar surface area (TPSA) is 3.24 Å². The summed E-state index contributed by atoms with van der Waals surface area (Å²) in [6.07, 6.45) is 0. The fourth-order valence-corrected chi connectivity index (χ4v) is 9.27. The van der Waals surface area contributed by atoms with Crippen LogP contribution in [0.2, 0.25) is 0 Å². The number of anilines is 3. The van der Waals surface area contributed by atoms with Gasteiger partial charge in [0.05, 0.1) is 5.41 Å². The Hall–Kier alpha value is -6.44. The van der Waals surface area contributed by atoms with Crippen molar-refractivity contribution in [2.24, 2.45) is 0 Å². The molecule has 11 rings (SSSR count). The van der Waals surface area contributed by atoms with Gasteiger partial charge in [-0.15, -0.1) is 0 Å². The minimum Gasteiger partial charge on any atom is -0.310 e. The third kappa shape index (κ3) is 3.56. The molecule has 0 fully saturated rings. The number of nitrogens with zero attached hydrogens (tertiary/aromatic N) is 1. The Morgan fingerprint density at radius 3 is 1.52 bits per heavy atom. The van der Waals surface area contributed by atoms with E-state index in [1.165, 1.54) is 76.8 Å². The lowest BCUT2D eigenvalue weighted by Crippen LogP contribution is -2.26. The van der Waals surface area contributed by atoms with Crippen LogP contribution < -0.4 is 4.90 Å². The number of rotatable bonds is 3. The van der Waals surface area contributed by atoms with Gasteiger partial charge in [-0.3, -0.25) is 0 Å². The van der Waals surface area contributed by atoms with Crippen LogP contribution in [0.15, 0.2) is 188 Å². The fraction of sp³-hybridized carbons (Fsp3) is 0.0204. The molecule has 1 nitrogen and oxygen atoms in total. The van der Waals surface area contributed by atoms with Crippen molar-refractivity contribution in [3.8, 4) is 22.3 Å². The zero-order valence-electron chi connectivity index (χ0n) is 27.3. The van der Waals surface area contributed by atoms with Crippen molar-refractivity contribution in [1.29, 1.82) is 0 Å². The molecule has 0 aliphatic heterocycles. The average Bonchev–Trinajstić information content (AvgIpc) is 3.65. The fourth-order valence-electron chi connectivity index (χ4n) is 9.27. The summed E-state index contributed by atoms with van der Waals surface area (Å²) < 4.78 is 0.